The van der Waals surface area contributed by atoms with E-state index >= 15 is 0 Å². The summed E-state index contributed by atoms with van der Waals surface area (Å²) in [7, 11) is 0. The minimum absolute atomic E-state index is 0.555. The summed E-state index contributed by atoms with van der Waals surface area (Å²) in [6.07, 6.45) is 0.695. The van der Waals surface area contributed by atoms with Crippen molar-refractivity contribution >= 4 is 10.9 Å². The third-order valence-corrected chi connectivity index (χ3v) is 2.74. The number of hydrogen-bond acceptors (Lipinski definition) is 4. The van der Waals surface area contributed by atoms with Crippen molar-refractivity contribution < 1.29 is 0 Å². The second kappa shape index (κ2) is 4.54. The first-order chi connectivity index (χ1) is 8.86. The molecule has 0 unspecified atom stereocenters. The molecule has 5 nitrogen and oxygen atoms in total. The molecule has 0 bridgehead atoms. The molecule has 0 saturated carbocycles. The van der Waals surface area contributed by atoms with Crippen LogP contribution in [0, 0.1) is 0 Å². The van der Waals surface area contributed by atoms with Crippen LogP contribution in [0.25, 0.3) is 22.4 Å². The highest BCUT2D eigenvalue weighted by molar-refractivity contribution is 5.80. The van der Waals surface area contributed by atoms with E-state index in [0.717, 1.165) is 22.4 Å². The van der Waals surface area contributed by atoms with Gasteiger partial charge < -0.3 is 5.73 Å². The average molecular weight is 239 g/mol. The normalized spacial score (nSPS) is 10.9. The maximum absolute atomic E-state index is 5.48. The highest BCUT2D eigenvalue weighted by atomic mass is 15.2. The lowest BCUT2D eigenvalue weighted by Gasteiger charge is -1.98. The van der Waals surface area contributed by atoms with E-state index in [9.17, 15) is 0 Å². The number of fused-ring (bicyclic) bond motifs is 1. The third-order valence-electron chi connectivity index (χ3n) is 2.74. The Morgan fingerprint density at radius 3 is 2.83 bits per heavy atom. The minimum atomic E-state index is 0.555. The van der Waals surface area contributed by atoms with Crippen LogP contribution < -0.4 is 5.73 Å². The molecule has 3 N–H and O–H groups in total. The van der Waals surface area contributed by atoms with Crippen LogP contribution in [-0.2, 0) is 6.42 Å². The lowest BCUT2D eigenvalue weighted by atomic mass is 10.2. The van der Waals surface area contributed by atoms with Crippen molar-refractivity contribution in [1.82, 2.24) is 20.2 Å². The molecule has 0 saturated heterocycles. The van der Waals surface area contributed by atoms with Crippen LogP contribution in [0.15, 0.2) is 36.4 Å². The molecule has 90 valence electrons. The van der Waals surface area contributed by atoms with Crippen LogP contribution >= 0.6 is 0 Å². The lowest BCUT2D eigenvalue weighted by molar-refractivity contribution is 0.874. The second-order valence-corrected chi connectivity index (χ2v) is 4.03. The summed E-state index contributed by atoms with van der Waals surface area (Å²) in [5.74, 6) is 1.41. The Kier molecular flexibility index (Phi) is 2.74. The first-order valence-electron chi connectivity index (χ1n) is 5.84. The van der Waals surface area contributed by atoms with Crippen molar-refractivity contribution in [3.05, 3.63) is 42.2 Å². The number of para-hydroxylation sites is 1. The third kappa shape index (κ3) is 1.96. The number of benzene rings is 1. The van der Waals surface area contributed by atoms with Gasteiger partial charge in [0.05, 0.1) is 5.52 Å². The second-order valence-electron chi connectivity index (χ2n) is 4.03. The number of H-pyrrole nitrogens is 1. The Hall–Kier alpha value is -2.27. The lowest BCUT2D eigenvalue weighted by Crippen LogP contribution is -2.03. The smallest absolute Gasteiger partial charge is 0.199 e. The van der Waals surface area contributed by atoms with Gasteiger partial charge in [-0.3, -0.25) is 5.10 Å². The number of pyridine rings is 1. The van der Waals surface area contributed by atoms with Gasteiger partial charge in [0, 0.05) is 11.8 Å². The largest absolute Gasteiger partial charge is 0.330 e. The van der Waals surface area contributed by atoms with E-state index in [4.69, 9.17) is 5.73 Å². The Balaban J connectivity index is 2.02. The van der Waals surface area contributed by atoms with Gasteiger partial charge in [-0.15, -0.1) is 0 Å². The van der Waals surface area contributed by atoms with Gasteiger partial charge in [-0.05, 0) is 18.7 Å². The van der Waals surface area contributed by atoms with Crippen molar-refractivity contribution in [2.24, 2.45) is 5.73 Å². The molecule has 5 heteroatoms. The summed E-state index contributed by atoms with van der Waals surface area (Å²) in [4.78, 5) is 8.91. The summed E-state index contributed by atoms with van der Waals surface area (Å²) < 4.78 is 0. The van der Waals surface area contributed by atoms with Gasteiger partial charge in [-0.1, -0.05) is 24.3 Å². The SMILES string of the molecule is NCCc1nc(-c2ccc3ccccc3n2)n[nH]1. The van der Waals surface area contributed by atoms with Gasteiger partial charge >= 0.3 is 0 Å². The zero-order valence-corrected chi connectivity index (χ0v) is 9.80. The molecule has 0 amide bonds. The number of nitrogens with two attached hydrogens (primary N) is 1. The monoisotopic (exact) mass is 239 g/mol. The van der Waals surface area contributed by atoms with Crippen LogP contribution in [0.1, 0.15) is 5.82 Å². The van der Waals surface area contributed by atoms with E-state index in [1.165, 1.54) is 0 Å². The van der Waals surface area contributed by atoms with E-state index in [1.54, 1.807) is 0 Å². The van der Waals surface area contributed by atoms with Crippen LogP contribution in [-0.4, -0.2) is 26.7 Å². The van der Waals surface area contributed by atoms with E-state index in [2.05, 4.69) is 20.2 Å². The van der Waals surface area contributed by atoms with Gasteiger partial charge in [0.1, 0.15) is 11.5 Å². The summed E-state index contributed by atoms with van der Waals surface area (Å²) >= 11 is 0. The maximum atomic E-state index is 5.48. The minimum Gasteiger partial charge on any atom is -0.330 e. The molecule has 0 aliphatic rings. The number of rotatable bonds is 3. The fourth-order valence-electron chi connectivity index (χ4n) is 1.85. The molecule has 0 aliphatic carbocycles. The van der Waals surface area contributed by atoms with Crippen molar-refractivity contribution in [1.29, 1.82) is 0 Å². The van der Waals surface area contributed by atoms with Crippen LogP contribution in [0.5, 0.6) is 0 Å². The van der Waals surface area contributed by atoms with Gasteiger partial charge in [0.25, 0.3) is 0 Å². The molecule has 0 spiro atoms. The van der Waals surface area contributed by atoms with Crippen LogP contribution in [0.3, 0.4) is 0 Å². The number of aromatic amines is 1. The Morgan fingerprint density at radius 1 is 1.06 bits per heavy atom. The average Bonchev–Trinajstić information content (AvgIpc) is 2.87. The molecule has 0 fully saturated rings. The first-order valence-corrected chi connectivity index (χ1v) is 5.84. The fourth-order valence-corrected chi connectivity index (χ4v) is 1.85. The Labute approximate surface area is 104 Å². The Morgan fingerprint density at radius 2 is 1.94 bits per heavy atom. The zero-order valence-electron chi connectivity index (χ0n) is 9.80. The van der Waals surface area contributed by atoms with Crippen LogP contribution in [0.2, 0.25) is 0 Å². The molecular weight excluding hydrogens is 226 g/mol. The van der Waals surface area contributed by atoms with Gasteiger partial charge in [-0.25, -0.2) is 9.97 Å². The number of nitrogens with one attached hydrogen (secondary N) is 1. The van der Waals surface area contributed by atoms with E-state index in [1.807, 2.05) is 36.4 Å². The first kappa shape index (κ1) is 10.9. The van der Waals surface area contributed by atoms with Crippen LogP contribution in [0.4, 0.5) is 0 Å². The summed E-state index contributed by atoms with van der Waals surface area (Å²) in [6, 6.07) is 11.9. The van der Waals surface area contributed by atoms with Gasteiger partial charge in [0.2, 0.25) is 0 Å². The number of hydrogen-bond donors (Lipinski definition) is 2. The van der Waals surface area contributed by atoms with Crippen molar-refractivity contribution in [3.8, 4) is 11.5 Å². The molecule has 1 aromatic carbocycles. The molecule has 2 aromatic heterocycles. The number of aromatic nitrogens is 4. The van der Waals surface area contributed by atoms with Crippen molar-refractivity contribution in [2.45, 2.75) is 6.42 Å². The number of nitrogens with zero attached hydrogens (tertiary/aromatic N) is 3. The van der Waals surface area contributed by atoms with E-state index in [0.29, 0.717) is 18.8 Å². The van der Waals surface area contributed by atoms with Crippen molar-refractivity contribution in [3.63, 3.8) is 0 Å². The standard InChI is InChI=1S/C13H13N5/c14-8-7-12-16-13(18-17-12)11-6-5-9-3-1-2-4-10(9)15-11/h1-6H,7-8,14H2,(H,16,17,18). The molecule has 2 heterocycles. The molecular formula is C13H13N5. The van der Waals surface area contributed by atoms with Gasteiger partial charge in [0.15, 0.2) is 5.82 Å². The topological polar surface area (TPSA) is 80.5 Å². The quantitative estimate of drug-likeness (QED) is 0.726. The maximum Gasteiger partial charge on any atom is 0.199 e. The molecule has 3 aromatic rings. The molecule has 18 heavy (non-hydrogen) atoms. The Bertz CT molecular complexity index is 674. The molecule has 0 atom stereocenters. The predicted octanol–water partition coefficient (Wildman–Crippen LogP) is 1.52. The van der Waals surface area contributed by atoms with Gasteiger partial charge in [-0.2, -0.15) is 5.10 Å². The summed E-state index contributed by atoms with van der Waals surface area (Å²) in [5, 5.41) is 8.14. The molecule has 0 radical (unpaired) electrons. The van der Waals surface area contributed by atoms with E-state index in [-0.39, 0.29) is 0 Å². The highest BCUT2D eigenvalue weighted by Gasteiger charge is 2.07. The predicted molar refractivity (Wildman–Crippen MR) is 69.9 cm³/mol. The highest BCUT2D eigenvalue weighted by Crippen LogP contribution is 2.17. The summed E-state index contributed by atoms with van der Waals surface area (Å²) in [6.45, 7) is 0.555. The molecule has 0 aliphatic heterocycles. The van der Waals surface area contributed by atoms with E-state index < -0.39 is 0 Å². The summed E-state index contributed by atoms with van der Waals surface area (Å²) in [5.41, 5.74) is 7.20. The fraction of sp³-hybridized carbons (Fsp3) is 0.154. The molecule has 3 rings (SSSR count). The van der Waals surface area contributed by atoms with Crippen molar-refractivity contribution in [2.75, 3.05) is 6.54 Å². The zero-order chi connectivity index (χ0) is 12.4.